The van der Waals surface area contributed by atoms with Crippen LogP contribution in [0.2, 0.25) is 0 Å². The summed E-state index contributed by atoms with van der Waals surface area (Å²) in [5.74, 6) is 2.86. The first-order chi connectivity index (χ1) is 5.79. The van der Waals surface area contributed by atoms with E-state index in [1.54, 1.807) is 0 Å². The fourth-order valence-electron chi connectivity index (χ4n) is 1.47. The third-order valence-corrected chi connectivity index (χ3v) is 2.03. The van der Waals surface area contributed by atoms with Gasteiger partial charge in [0.1, 0.15) is 0 Å². The average molecular weight is 158 g/mol. The van der Waals surface area contributed by atoms with Crippen molar-refractivity contribution in [3.8, 4) is 0 Å². The zero-order chi connectivity index (χ0) is 8.55. The Labute approximate surface area is 71.6 Å². The highest BCUT2D eigenvalue weighted by molar-refractivity contribution is 5.86. The van der Waals surface area contributed by atoms with E-state index < -0.39 is 0 Å². The topological polar surface area (TPSA) is 17.3 Å². The minimum atomic E-state index is 1.18. The van der Waals surface area contributed by atoms with E-state index in [4.69, 9.17) is 0 Å². The van der Waals surface area contributed by atoms with Gasteiger partial charge in [-0.3, -0.25) is 0 Å². The number of fused-ring (bicyclic) bond motifs is 1. The van der Waals surface area contributed by atoms with Crippen LogP contribution in [0.1, 0.15) is 18.2 Å². The van der Waals surface area contributed by atoms with Gasteiger partial charge >= 0.3 is 0 Å². The van der Waals surface area contributed by atoms with Crippen LogP contribution in [0.3, 0.4) is 0 Å². The standard InChI is InChI=1S/C10H10N2/c1-8-7-11-5-3-9-4-6-12(2)10(8)9/h3-4,6-7H,1-2H3. The predicted octanol–water partition coefficient (Wildman–Crippen LogP) is 2.08. The number of hydrogen-bond acceptors (Lipinski definition) is 1. The second-order valence-corrected chi connectivity index (χ2v) is 2.95. The average Bonchev–Trinajstić information content (AvgIpc) is 2.29. The lowest BCUT2D eigenvalue weighted by atomic mass is 10.1. The van der Waals surface area contributed by atoms with Crippen molar-refractivity contribution in [2.75, 3.05) is 0 Å². The molecule has 0 radical (unpaired) electrons. The van der Waals surface area contributed by atoms with Gasteiger partial charge in [-0.25, -0.2) is 4.99 Å². The first kappa shape index (κ1) is 7.14. The summed E-state index contributed by atoms with van der Waals surface area (Å²) in [6.07, 6.45) is 5.79. The summed E-state index contributed by atoms with van der Waals surface area (Å²) in [6.45, 7) is 2.06. The zero-order valence-electron chi connectivity index (χ0n) is 7.20. The molecule has 2 rings (SSSR count). The first-order valence-corrected chi connectivity index (χ1v) is 3.90. The fraction of sp³-hybridized carbons (Fsp3) is 0.200. The maximum absolute atomic E-state index is 4.00. The van der Waals surface area contributed by atoms with Crippen LogP contribution in [0.15, 0.2) is 23.5 Å². The molecule has 60 valence electrons. The van der Waals surface area contributed by atoms with Crippen LogP contribution in [0.4, 0.5) is 0 Å². The molecule has 2 nitrogen and oxygen atoms in total. The van der Waals surface area contributed by atoms with E-state index in [0.717, 1.165) is 0 Å². The number of rotatable bonds is 0. The van der Waals surface area contributed by atoms with E-state index in [9.17, 15) is 0 Å². The molecule has 1 aromatic rings. The van der Waals surface area contributed by atoms with Crippen molar-refractivity contribution in [3.05, 3.63) is 29.7 Å². The number of nitrogens with zero attached hydrogens (tertiary/aromatic N) is 2. The van der Waals surface area contributed by atoms with Crippen molar-refractivity contribution in [1.29, 1.82) is 0 Å². The van der Waals surface area contributed by atoms with Gasteiger partial charge in [0.25, 0.3) is 0 Å². The molecular formula is C10H10N2. The summed E-state index contributed by atoms with van der Waals surface area (Å²) < 4.78 is 2.10. The molecule has 0 saturated heterocycles. The number of aliphatic imine (C=N–C) groups is 1. The second kappa shape index (κ2) is 2.50. The summed E-state index contributed by atoms with van der Waals surface area (Å²) in [5, 5.41) is 0. The van der Waals surface area contributed by atoms with Crippen LogP contribution in [0, 0.1) is 0 Å². The monoisotopic (exact) mass is 158 g/mol. The Bertz CT molecular complexity index is 401. The molecular weight excluding hydrogens is 148 g/mol. The molecule has 1 aliphatic rings. The molecule has 0 aliphatic carbocycles. The molecule has 1 aromatic heterocycles. The molecule has 0 amide bonds. The Hall–Kier alpha value is -1.53. The molecule has 2 heterocycles. The number of aryl methyl sites for hydroxylation is 1. The van der Waals surface area contributed by atoms with Gasteiger partial charge in [0.15, 0.2) is 0 Å². The molecule has 1 aliphatic heterocycles. The minimum absolute atomic E-state index is 1.18. The highest BCUT2D eigenvalue weighted by atomic mass is 14.9. The zero-order valence-corrected chi connectivity index (χ0v) is 7.20. The predicted molar refractivity (Wildman–Crippen MR) is 51.0 cm³/mol. The van der Waals surface area contributed by atoms with Gasteiger partial charge in [-0.15, -0.1) is 0 Å². The largest absolute Gasteiger partial charge is 0.350 e. The summed E-state index contributed by atoms with van der Waals surface area (Å²) in [4.78, 5) is 4.00. The van der Waals surface area contributed by atoms with Crippen LogP contribution in [0.5, 0.6) is 0 Å². The highest BCUT2D eigenvalue weighted by Crippen LogP contribution is 2.21. The molecule has 0 N–H and O–H groups in total. The van der Waals surface area contributed by atoms with Crippen LogP contribution < -0.4 is 0 Å². The molecule has 0 spiro atoms. The summed E-state index contributed by atoms with van der Waals surface area (Å²) >= 11 is 0. The number of hydrogen-bond donors (Lipinski definition) is 0. The van der Waals surface area contributed by atoms with Crippen molar-refractivity contribution in [3.63, 3.8) is 0 Å². The van der Waals surface area contributed by atoms with Crippen LogP contribution in [-0.4, -0.2) is 10.4 Å². The van der Waals surface area contributed by atoms with Crippen LogP contribution in [-0.2, 0) is 7.05 Å². The van der Waals surface area contributed by atoms with E-state index in [1.165, 1.54) is 16.8 Å². The lowest BCUT2D eigenvalue weighted by molar-refractivity contribution is 0.906. The molecule has 0 atom stereocenters. The second-order valence-electron chi connectivity index (χ2n) is 2.95. The SMILES string of the molecule is CC1=CN=C=Cc2ccn(C)c21. The normalized spacial score (nSPS) is 14.0. The third kappa shape index (κ3) is 0.936. The molecule has 0 saturated carbocycles. The lowest BCUT2D eigenvalue weighted by Gasteiger charge is -2.02. The van der Waals surface area contributed by atoms with Gasteiger partial charge < -0.3 is 4.57 Å². The Balaban J connectivity index is 2.73. The molecule has 0 aromatic carbocycles. The van der Waals surface area contributed by atoms with E-state index in [1.807, 2.05) is 25.5 Å². The van der Waals surface area contributed by atoms with Crippen molar-refractivity contribution >= 4 is 17.5 Å². The van der Waals surface area contributed by atoms with Gasteiger partial charge in [0, 0.05) is 31.1 Å². The quantitative estimate of drug-likeness (QED) is 0.550. The maximum Gasteiger partial charge on any atom is 0.0529 e. The Morgan fingerprint density at radius 1 is 1.50 bits per heavy atom. The summed E-state index contributed by atoms with van der Waals surface area (Å²) in [5.41, 5.74) is 3.59. The Morgan fingerprint density at radius 3 is 3.17 bits per heavy atom. The highest BCUT2D eigenvalue weighted by Gasteiger charge is 2.06. The van der Waals surface area contributed by atoms with E-state index in [0.29, 0.717) is 0 Å². The van der Waals surface area contributed by atoms with Crippen molar-refractivity contribution in [1.82, 2.24) is 4.57 Å². The van der Waals surface area contributed by atoms with Gasteiger partial charge in [0.05, 0.1) is 5.69 Å². The minimum Gasteiger partial charge on any atom is -0.350 e. The molecule has 12 heavy (non-hydrogen) atoms. The molecule has 2 heteroatoms. The van der Waals surface area contributed by atoms with Gasteiger partial charge in [0.2, 0.25) is 0 Å². The number of allylic oxidation sites excluding steroid dienone is 1. The van der Waals surface area contributed by atoms with Crippen LogP contribution >= 0.6 is 0 Å². The maximum atomic E-state index is 4.00. The summed E-state index contributed by atoms with van der Waals surface area (Å²) in [6, 6.07) is 2.07. The Morgan fingerprint density at radius 2 is 2.33 bits per heavy atom. The van der Waals surface area contributed by atoms with Crippen molar-refractivity contribution < 1.29 is 0 Å². The van der Waals surface area contributed by atoms with Gasteiger partial charge in [-0.2, -0.15) is 0 Å². The van der Waals surface area contributed by atoms with E-state index in [2.05, 4.69) is 28.4 Å². The number of aromatic nitrogens is 1. The third-order valence-electron chi connectivity index (χ3n) is 2.03. The Kier molecular flexibility index (Phi) is 1.49. The van der Waals surface area contributed by atoms with Gasteiger partial charge in [-0.1, -0.05) is 0 Å². The summed E-state index contributed by atoms with van der Waals surface area (Å²) in [7, 11) is 2.04. The lowest BCUT2D eigenvalue weighted by Crippen LogP contribution is -1.93. The van der Waals surface area contributed by atoms with E-state index >= 15 is 0 Å². The smallest absolute Gasteiger partial charge is 0.0529 e. The first-order valence-electron chi connectivity index (χ1n) is 3.90. The molecule has 0 unspecified atom stereocenters. The fourth-order valence-corrected chi connectivity index (χ4v) is 1.47. The van der Waals surface area contributed by atoms with Crippen molar-refractivity contribution in [2.45, 2.75) is 6.92 Å². The van der Waals surface area contributed by atoms with Crippen LogP contribution in [0.25, 0.3) is 11.6 Å². The van der Waals surface area contributed by atoms with Gasteiger partial charge in [-0.05, 0) is 24.4 Å². The molecule has 0 fully saturated rings. The molecule has 0 bridgehead atoms. The van der Waals surface area contributed by atoms with Crippen molar-refractivity contribution in [2.24, 2.45) is 12.0 Å². The van der Waals surface area contributed by atoms with E-state index in [-0.39, 0.29) is 0 Å².